The highest BCUT2D eigenvalue weighted by Crippen LogP contribution is 2.28. The van der Waals surface area contributed by atoms with Crippen molar-refractivity contribution in [3.8, 4) is 5.75 Å². The number of allylic oxidation sites excluding steroid dienone is 2. The monoisotopic (exact) mass is 320 g/mol. The maximum atomic E-state index is 10.9. The fourth-order valence-corrected chi connectivity index (χ4v) is 3.94. The van der Waals surface area contributed by atoms with E-state index >= 15 is 0 Å². The quantitative estimate of drug-likeness (QED) is 0.844. The zero-order valence-electron chi connectivity index (χ0n) is 14.4. The number of aromatic hydroxyl groups is 1. The van der Waals surface area contributed by atoms with Crippen molar-refractivity contribution < 1.29 is 5.11 Å². The average Bonchev–Trinajstić information content (AvgIpc) is 2.60. The van der Waals surface area contributed by atoms with E-state index in [1.54, 1.807) is 0 Å². The molecular weight excluding hydrogens is 296 g/mol. The second kappa shape index (κ2) is 6.04. The molecule has 24 heavy (non-hydrogen) atoms. The second-order valence-corrected chi connectivity index (χ2v) is 7.23. The minimum absolute atomic E-state index is 0.289. The third-order valence-electron chi connectivity index (χ3n) is 5.23. The number of fused-ring (bicyclic) bond motifs is 4. The van der Waals surface area contributed by atoms with E-state index in [4.69, 9.17) is 9.98 Å². The third kappa shape index (κ3) is 2.52. The predicted molar refractivity (Wildman–Crippen MR) is 97.1 cm³/mol. The van der Waals surface area contributed by atoms with Crippen molar-refractivity contribution in [1.82, 2.24) is 0 Å². The Morgan fingerprint density at radius 3 is 2.33 bits per heavy atom. The summed E-state index contributed by atoms with van der Waals surface area (Å²) in [6, 6.07) is 8.64. The lowest BCUT2D eigenvalue weighted by atomic mass is 9.89. The van der Waals surface area contributed by atoms with Crippen molar-refractivity contribution in [1.29, 1.82) is 0 Å². The standard InChI is InChI=1S/C21H24N2O/c1-13(2)11-12-16-20-19(14-7-3-4-8-15(14)21(16)24)22-17-9-5-6-10-18(17)23-20/h3-4,7-8,11,17-18,24H,5-6,9-10,12H2,1-2H3. The van der Waals surface area contributed by atoms with Gasteiger partial charge in [-0.1, -0.05) is 48.8 Å². The molecule has 2 unspecified atom stereocenters. The molecule has 0 bridgehead atoms. The first-order valence-electron chi connectivity index (χ1n) is 8.96. The Labute approximate surface area is 142 Å². The molecule has 1 fully saturated rings. The first-order valence-corrected chi connectivity index (χ1v) is 8.96. The largest absolute Gasteiger partial charge is 0.507 e. The summed E-state index contributed by atoms with van der Waals surface area (Å²) in [4.78, 5) is 10.2. The molecule has 1 aliphatic heterocycles. The number of hydrogen-bond donors (Lipinski definition) is 1. The summed E-state index contributed by atoms with van der Waals surface area (Å²) in [5.41, 5.74) is 2.18. The van der Waals surface area contributed by atoms with Crippen molar-refractivity contribution >= 4 is 10.8 Å². The fraction of sp³-hybridized carbons (Fsp3) is 0.429. The summed E-state index contributed by atoms with van der Waals surface area (Å²) >= 11 is 0. The molecule has 0 spiro atoms. The molecule has 3 heteroatoms. The van der Waals surface area contributed by atoms with Crippen LogP contribution in [0.2, 0.25) is 0 Å². The molecule has 1 N–H and O–H groups in total. The molecule has 3 nitrogen and oxygen atoms in total. The summed E-state index contributed by atoms with van der Waals surface area (Å²) < 4.78 is 0. The van der Waals surface area contributed by atoms with Crippen LogP contribution in [0.15, 0.2) is 45.9 Å². The molecule has 4 rings (SSSR count). The van der Waals surface area contributed by atoms with Crippen LogP contribution in [0.25, 0.3) is 10.8 Å². The topological polar surface area (TPSA) is 45.0 Å². The Kier molecular flexibility index (Phi) is 3.87. The van der Waals surface area contributed by atoms with E-state index in [-0.39, 0.29) is 6.04 Å². The normalized spacial score (nSPS) is 22.1. The van der Waals surface area contributed by atoms with Crippen LogP contribution in [0.5, 0.6) is 5.75 Å². The van der Waals surface area contributed by atoms with Crippen LogP contribution in [0, 0.1) is 0 Å². The van der Waals surface area contributed by atoms with Crippen molar-refractivity contribution in [2.75, 3.05) is 0 Å². The average molecular weight is 320 g/mol. The van der Waals surface area contributed by atoms with Gasteiger partial charge in [-0.3, -0.25) is 9.98 Å². The van der Waals surface area contributed by atoms with E-state index in [1.807, 2.05) is 18.2 Å². The first-order chi connectivity index (χ1) is 11.6. The van der Waals surface area contributed by atoms with E-state index in [0.29, 0.717) is 18.2 Å². The molecule has 2 aromatic rings. The third-order valence-corrected chi connectivity index (χ3v) is 5.23. The number of benzene rings is 2. The Morgan fingerprint density at radius 2 is 1.67 bits per heavy atom. The van der Waals surface area contributed by atoms with Gasteiger partial charge in [-0.15, -0.1) is 0 Å². The zero-order chi connectivity index (χ0) is 16.7. The van der Waals surface area contributed by atoms with Gasteiger partial charge in [0.05, 0.1) is 22.8 Å². The van der Waals surface area contributed by atoms with E-state index in [2.05, 4.69) is 26.0 Å². The van der Waals surface area contributed by atoms with Crippen molar-refractivity contribution in [2.45, 2.75) is 58.0 Å². The molecule has 0 saturated heterocycles. The summed E-state index contributed by atoms with van der Waals surface area (Å²) in [5.74, 6) is 0.370. The van der Waals surface area contributed by atoms with Crippen LogP contribution in [0.1, 0.15) is 45.1 Å². The molecule has 1 heterocycles. The van der Waals surface area contributed by atoms with Crippen molar-refractivity contribution in [3.05, 3.63) is 52.2 Å². The molecule has 0 aromatic heterocycles. The first kappa shape index (κ1) is 15.4. The van der Waals surface area contributed by atoms with Gasteiger partial charge in [-0.05, 0) is 33.1 Å². The van der Waals surface area contributed by atoms with E-state index < -0.39 is 0 Å². The number of rotatable bonds is 2. The Hall–Kier alpha value is -2.16. The smallest absolute Gasteiger partial charge is 0.129 e. The number of hydrogen-bond acceptors (Lipinski definition) is 3. The zero-order valence-corrected chi connectivity index (χ0v) is 14.4. The molecule has 0 amide bonds. The van der Waals surface area contributed by atoms with Crippen LogP contribution in [-0.2, 0) is 6.42 Å². The predicted octanol–water partition coefficient (Wildman–Crippen LogP) is 3.62. The highest BCUT2D eigenvalue weighted by atomic mass is 16.3. The van der Waals surface area contributed by atoms with E-state index in [0.717, 1.165) is 39.9 Å². The Balaban J connectivity index is 2.05. The molecule has 124 valence electrons. The van der Waals surface area contributed by atoms with Gasteiger partial charge in [-0.2, -0.15) is 0 Å². The Morgan fingerprint density at radius 1 is 1.04 bits per heavy atom. The van der Waals surface area contributed by atoms with E-state index in [9.17, 15) is 5.11 Å². The molecule has 1 saturated carbocycles. The molecule has 1 aliphatic carbocycles. The molecule has 2 aromatic carbocycles. The van der Waals surface area contributed by atoms with Gasteiger partial charge in [0, 0.05) is 16.3 Å². The second-order valence-electron chi connectivity index (χ2n) is 7.23. The van der Waals surface area contributed by atoms with E-state index in [1.165, 1.54) is 18.4 Å². The Bertz CT molecular complexity index is 938. The van der Waals surface area contributed by atoms with Gasteiger partial charge < -0.3 is 5.11 Å². The molecule has 2 atom stereocenters. The maximum Gasteiger partial charge on any atom is 0.129 e. The molecular formula is C21H24N2O. The van der Waals surface area contributed by atoms with Crippen LogP contribution in [0.3, 0.4) is 0 Å². The maximum absolute atomic E-state index is 10.9. The summed E-state index contributed by atoms with van der Waals surface area (Å²) in [6.07, 6.45) is 7.59. The van der Waals surface area contributed by atoms with Crippen molar-refractivity contribution in [2.24, 2.45) is 9.98 Å². The molecule has 0 radical (unpaired) electrons. The minimum Gasteiger partial charge on any atom is -0.507 e. The van der Waals surface area contributed by atoms with Gasteiger partial charge in [0.15, 0.2) is 0 Å². The van der Waals surface area contributed by atoms with Gasteiger partial charge in [-0.25, -0.2) is 0 Å². The van der Waals surface area contributed by atoms with Gasteiger partial charge in [0.2, 0.25) is 0 Å². The van der Waals surface area contributed by atoms with Gasteiger partial charge in [0.25, 0.3) is 0 Å². The van der Waals surface area contributed by atoms with Crippen LogP contribution in [-0.4, -0.2) is 17.2 Å². The minimum atomic E-state index is 0.289. The van der Waals surface area contributed by atoms with Crippen LogP contribution < -0.4 is 10.7 Å². The summed E-state index contributed by atoms with van der Waals surface area (Å²) in [7, 11) is 0. The van der Waals surface area contributed by atoms with Crippen LogP contribution >= 0.6 is 0 Å². The number of phenolic OH excluding ortho intramolecular Hbond substituents is 1. The lowest BCUT2D eigenvalue weighted by molar-refractivity contribution is 0.368. The lowest BCUT2D eigenvalue weighted by Gasteiger charge is -2.28. The van der Waals surface area contributed by atoms with Gasteiger partial charge >= 0.3 is 0 Å². The molecule has 2 aliphatic rings. The highest BCUT2D eigenvalue weighted by molar-refractivity contribution is 5.89. The number of phenols is 1. The summed E-state index contributed by atoms with van der Waals surface area (Å²) in [5, 5.41) is 14.7. The summed E-state index contributed by atoms with van der Waals surface area (Å²) in [6.45, 7) is 4.17. The van der Waals surface area contributed by atoms with Crippen molar-refractivity contribution in [3.63, 3.8) is 0 Å². The SMILES string of the molecule is CC(C)=CCc1c(O)c2ccccc2c2c1=NC1CCCCC1N=2. The van der Waals surface area contributed by atoms with Gasteiger partial charge in [0.1, 0.15) is 5.75 Å². The number of nitrogens with zero attached hydrogens (tertiary/aromatic N) is 2. The highest BCUT2D eigenvalue weighted by Gasteiger charge is 2.27. The lowest BCUT2D eigenvalue weighted by Crippen LogP contribution is -2.42. The van der Waals surface area contributed by atoms with Crippen LogP contribution in [0.4, 0.5) is 0 Å². The fourth-order valence-electron chi connectivity index (χ4n) is 3.94.